The molecule has 2 N–H and O–H groups in total. The van der Waals surface area contributed by atoms with Crippen LogP contribution in [0.3, 0.4) is 0 Å². The second kappa shape index (κ2) is 6.50. The highest BCUT2D eigenvalue weighted by Crippen LogP contribution is 2.33. The Hall–Kier alpha value is 0.0900. The van der Waals surface area contributed by atoms with Gasteiger partial charge in [0.2, 0.25) is 0 Å². The van der Waals surface area contributed by atoms with Crippen LogP contribution < -0.4 is 5.32 Å². The maximum absolute atomic E-state index is 12.0. The normalized spacial score (nSPS) is 23.3. The molecule has 0 bridgehead atoms. The van der Waals surface area contributed by atoms with E-state index in [-0.39, 0.29) is 12.5 Å². The van der Waals surface area contributed by atoms with E-state index in [4.69, 9.17) is 0 Å². The highest BCUT2D eigenvalue weighted by molar-refractivity contribution is 9.13. The summed E-state index contributed by atoms with van der Waals surface area (Å²) in [5.74, 6) is 0.743. The molecular formula is C12H15Br2NO2S. The number of amides is 1. The van der Waals surface area contributed by atoms with Crippen LogP contribution in [0.4, 0.5) is 0 Å². The second-order valence-electron chi connectivity index (χ2n) is 4.58. The average Bonchev–Trinajstić information content (AvgIpc) is 2.93. The molecule has 1 saturated carbocycles. The number of hydrogen-bond acceptors (Lipinski definition) is 3. The highest BCUT2D eigenvalue weighted by atomic mass is 79.9. The molecule has 0 spiro atoms. The van der Waals surface area contributed by atoms with Crippen molar-refractivity contribution in [3.8, 4) is 0 Å². The molecule has 1 aliphatic rings. The lowest BCUT2D eigenvalue weighted by molar-refractivity contribution is 0.0942. The topological polar surface area (TPSA) is 49.3 Å². The van der Waals surface area contributed by atoms with E-state index in [9.17, 15) is 9.90 Å². The Labute approximate surface area is 127 Å². The quantitative estimate of drug-likeness (QED) is 0.819. The molecule has 0 radical (unpaired) electrons. The third-order valence-electron chi connectivity index (χ3n) is 3.44. The molecule has 6 heteroatoms. The maximum atomic E-state index is 12.0. The van der Waals surface area contributed by atoms with Gasteiger partial charge in [-0.05, 0) is 62.6 Å². The highest BCUT2D eigenvalue weighted by Gasteiger charge is 2.27. The molecule has 2 rings (SSSR count). The number of nitrogens with one attached hydrogen (secondary N) is 1. The lowest BCUT2D eigenvalue weighted by Crippen LogP contribution is -2.31. The van der Waals surface area contributed by atoms with Gasteiger partial charge < -0.3 is 10.4 Å². The Kier molecular flexibility index (Phi) is 5.24. The third-order valence-corrected chi connectivity index (χ3v) is 6.70. The molecule has 1 fully saturated rings. The summed E-state index contributed by atoms with van der Waals surface area (Å²) >= 11 is 8.17. The van der Waals surface area contributed by atoms with Gasteiger partial charge in [0.15, 0.2) is 0 Å². The second-order valence-corrected chi connectivity index (χ2v) is 7.80. The zero-order chi connectivity index (χ0) is 13.1. The van der Waals surface area contributed by atoms with Gasteiger partial charge in [-0.25, -0.2) is 0 Å². The van der Waals surface area contributed by atoms with E-state index in [0.717, 1.165) is 27.5 Å². The van der Waals surface area contributed by atoms with Gasteiger partial charge in [-0.1, -0.05) is 6.42 Å². The van der Waals surface area contributed by atoms with Crippen molar-refractivity contribution in [1.29, 1.82) is 0 Å². The minimum Gasteiger partial charge on any atom is -0.396 e. The molecular weight excluding hydrogens is 382 g/mol. The smallest absolute Gasteiger partial charge is 0.261 e. The number of rotatable bonds is 4. The van der Waals surface area contributed by atoms with E-state index in [1.54, 1.807) is 0 Å². The largest absolute Gasteiger partial charge is 0.396 e. The molecule has 2 unspecified atom stereocenters. The van der Waals surface area contributed by atoms with E-state index in [2.05, 4.69) is 37.2 Å². The van der Waals surface area contributed by atoms with Gasteiger partial charge in [0.05, 0.1) is 8.66 Å². The van der Waals surface area contributed by atoms with E-state index in [1.165, 1.54) is 11.3 Å². The molecule has 1 aromatic heterocycles. The standard InChI is InChI=1S/C12H15Br2NO2S/c13-9-4-10(18-11(9)14)12(17)15-5-7-2-1-3-8(7)6-16/h4,7-8,16H,1-3,5-6H2,(H,15,17). The molecule has 18 heavy (non-hydrogen) atoms. The van der Waals surface area contributed by atoms with E-state index >= 15 is 0 Å². The number of carbonyl (C=O) groups excluding carboxylic acids is 1. The Morgan fingerprint density at radius 3 is 2.78 bits per heavy atom. The maximum Gasteiger partial charge on any atom is 0.261 e. The fourth-order valence-corrected chi connectivity index (χ4v) is 4.34. The van der Waals surface area contributed by atoms with Crippen LogP contribution in [0.5, 0.6) is 0 Å². The predicted octanol–water partition coefficient (Wildman–Crippen LogP) is 3.41. The van der Waals surface area contributed by atoms with Crippen LogP contribution in [-0.2, 0) is 0 Å². The number of carbonyl (C=O) groups is 1. The predicted molar refractivity (Wildman–Crippen MR) is 80.0 cm³/mol. The van der Waals surface area contributed by atoms with Crippen molar-refractivity contribution in [2.45, 2.75) is 19.3 Å². The zero-order valence-electron chi connectivity index (χ0n) is 9.79. The van der Waals surface area contributed by atoms with Crippen molar-refractivity contribution in [3.05, 3.63) is 19.2 Å². The first kappa shape index (κ1) is 14.5. The molecule has 0 aliphatic heterocycles. The number of aliphatic hydroxyl groups excluding tert-OH is 1. The van der Waals surface area contributed by atoms with Gasteiger partial charge >= 0.3 is 0 Å². The first-order chi connectivity index (χ1) is 8.61. The molecule has 2 atom stereocenters. The van der Waals surface area contributed by atoms with Crippen LogP contribution in [0.25, 0.3) is 0 Å². The Morgan fingerprint density at radius 1 is 1.44 bits per heavy atom. The van der Waals surface area contributed by atoms with Crippen LogP contribution in [0.2, 0.25) is 0 Å². The monoisotopic (exact) mass is 395 g/mol. The molecule has 1 heterocycles. The van der Waals surface area contributed by atoms with Gasteiger partial charge in [-0.3, -0.25) is 4.79 Å². The SMILES string of the molecule is O=C(NCC1CCCC1CO)c1cc(Br)c(Br)s1. The Morgan fingerprint density at radius 2 is 2.17 bits per heavy atom. The fraction of sp³-hybridized carbons (Fsp3) is 0.583. The van der Waals surface area contributed by atoms with Crippen LogP contribution >= 0.6 is 43.2 Å². The van der Waals surface area contributed by atoms with Crippen molar-refractivity contribution in [3.63, 3.8) is 0 Å². The van der Waals surface area contributed by atoms with Gasteiger partial charge in [0.25, 0.3) is 5.91 Å². The minimum atomic E-state index is -0.0324. The van der Waals surface area contributed by atoms with Gasteiger partial charge in [0.1, 0.15) is 0 Å². The van der Waals surface area contributed by atoms with Gasteiger partial charge in [-0.2, -0.15) is 0 Å². The van der Waals surface area contributed by atoms with E-state index in [0.29, 0.717) is 23.3 Å². The molecule has 1 amide bonds. The average molecular weight is 397 g/mol. The number of hydrogen-bond donors (Lipinski definition) is 2. The molecule has 0 saturated heterocycles. The van der Waals surface area contributed by atoms with Crippen molar-refractivity contribution in [2.75, 3.05) is 13.2 Å². The minimum absolute atomic E-state index is 0.0324. The Bertz CT molecular complexity index is 416. The van der Waals surface area contributed by atoms with E-state index < -0.39 is 0 Å². The zero-order valence-corrected chi connectivity index (χ0v) is 13.8. The number of thiophene rings is 1. The first-order valence-electron chi connectivity index (χ1n) is 5.95. The first-order valence-corrected chi connectivity index (χ1v) is 8.36. The summed E-state index contributed by atoms with van der Waals surface area (Å²) in [6, 6.07) is 1.82. The van der Waals surface area contributed by atoms with Crippen molar-refractivity contribution in [2.24, 2.45) is 11.8 Å². The summed E-state index contributed by atoms with van der Waals surface area (Å²) in [5, 5.41) is 12.2. The van der Waals surface area contributed by atoms with Crippen molar-refractivity contribution in [1.82, 2.24) is 5.32 Å². The molecule has 100 valence electrons. The summed E-state index contributed by atoms with van der Waals surface area (Å²) in [6.45, 7) is 0.897. The summed E-state index contributed by atoms with van der Waals surface area (Å²) < 4.78 is 1.84. The summed E-state index contributed by atoms with van der Waals surface area (Å²) in [6.07, 6.45) is 3.33. The summed E-state index contributed by atoms with van der Waals surface area (Å²) in [7, 11) is 0. The molecule has 0 aromatic carbocycles. The third kappa shape index (κ3) is 3.35. The number of halogens is 2. The number of aliphatic hydroxyl groups is 1. The summed E-state index contributed by atoms with van der Waals surface area (Å²) in [5.41, 5.74) is 0. The van der Waals surface area contributed by atoms with Crippen LogP contribution in [0.1, 0.15) is 28.9 Å². The lowest BCUT2D eigenvalue weighted by Gasteiger charge is -2.17. The summed E-state index contributed by atoms with van der Waals surface area (Å²) in [4.78, 5) is 12.7. The van der Waals surface area contributed by atoms with E-state index in [1.807, 2.05) is 6.07 Å². The van der Waals surface area contributed by atoms with Crippen LogP contribution in [0.15, 0.2) is 14.3 Å². The fourth-order valence-electron chi connectivity index (χ4n) is 2.39. The van der Waals surface area contributed by atoms with Crippen LogP contribution in [-0.4, -0.2) is 24.2 Å². The van der Waals surface area contributed by atoms with Crippen molar-refractivity contribution >= 4 is 49.1 Å². The molecule has 1 aliphatic carbocycles. The van der Waals surface area contributed by atoms with Gasteiger partial charge in [0, 0.05) is 17.6 Å². The lowest BCUT2D eigenvalue weighted by atomic mass is 9.97. The van der Waals surface area contributed by atoms with Crippen LogP contribution in [0, 0.1) is 11.8 Å². The van der Waals surface area contributed by atoms with Gasteiger partial charge in [-0.15, -0.1) is 11.3 Å². The molecule has 1 aromatic rings. The van der Waals surface area contributed by atoms with Crippen molar-refractivity contribution < 1.29 is 9.90 Å². The molecule has 3 nitrogen and oxygen atoms in total. The Balaban J connectivity index is 1.88.